The summed E-state index contributed by atoms with van der Waals surface area (Å²) in [5.41, 5.74) is 6.36. The molecule has 1 aromatic carbocycles. The van der Waals surface area contributed by atoms with Crippen molar-refractivity contribution >= 4 is 9.84 Å². The molecule has 0 aliphatic heterocycles. The molecule has 0 heterocycles. The molecule has 5 heteroatoms. The van der Waals surface area contributed by atoms with E-state index >= 15 is 0 Å². The van der Waals surface area contributed by atoms with Crippen LogP contribution in [0.4, 0.5) is 0 Å². The third-order valence-corrected chi connectivity index (χ3v) is 6.02. The largest absolute Gasteiger partial charge is 0.384 e. The van der Waals surface area contributed by atoms with Crippen LogP contribution in [0.3, 0.4) is 0 Å². The number of benzene rings is 1. The van der Waals surface area contributed by atoms with E-state index in [0.717, 1.165) is 5.56 Å². The van der Waals surface area contributed by atoms with Crippen molar-refractivity contribution in [2.24, 2.45) is 11.1 Å². The van der Waals surface area contributed by atoms with Crippen LogP contribution >= 0.6 is 0 Å². The first-order valence-electron chi connectivity index (χ1n) is 5.96. The normalized spacial score (nSPS) is 27.2. The number of nitrogens with two attached hydrogens (primary N) is 1. The van der Waals surface area contributed by atoms with Crippen LogP contribution in [0.15, 0.2) is 29.2 Å². The van der Waals surface area contributed by atoms with Gasteiger partial charge in [0.2, 0.25) is 0 Å². The molecular formula is C13H19NO3S. The van der Waals surface area contributed by atoms with Gasteiger partial charge in [-0.15, -0.1) is 0 Å². The Morgan fingerprint density at radius 1 is 1.39 bits per heavy atom. The topological polar surface area (TPSA) is 69.4 Å². The smallest absolute Gasteiger partial charge is 0.181 e. The fourth-order valence-corrected chi connectivity index (χ4v) is 4.57. The second-order valence-electron chi connectivity index (χ2n) is 5.05. The highest BCUT2D eigenvalue weighted by molar-refractivity contribution is 7.92. The Labute approximate surface area is 108 Å². The van der Waals surface area contributed by atoms with Crippen LogP contribution < -0.4 is 5.73 Å². The van der Waals surface area contributed by atoms with Gasteiger partial charge in [0.05, 0.1) is 16.8 Å². The Morgan fingerprint density at radius 2 is 2.00 bits per heavy atom. The zero-order valence-corrected chi connectivity index (χ0v) is 11.5. The average molecular weight is 269 g/mol. The van der Waals surface area contributed by atoms with E-state index in [9.17, 15) is 8.42 Å². The summed E-state index contributed by atoms with van der Waals surface area (Å²) >= 11 is 0. The molecule has 0 amide bonds. The summed E-state index contributed by atoms with van der Waals surface area (Å²) in [5, 5.41) is -0.405. The Morgan fingerprint density at radius 3 is 2.50 bits per heavy atom. The fourth-order valence-electron chi connectivity index (χ4n) is 2.35. The lowest BCUT2D eigenvalue weighted by Crippen LogP contribution is -2.28. The molecule has 18 heavy (non-hydrogen) atoms. The molecule has 100 valence electrons. The van der Waals surface area contributed by atoms with E-state index in [2.05, 4.69) is 0 Å². The molecule has 4 nitrogen and oxygen atoms in total. The lowest BCUT2D eigenvalue weighted by atomic mass is 10.1. The van der Waals surface area contributed by atoms with Crippen LogP contribution in [0.2, 0.25) is 0 Å². The molecule has 0 bridgehead atoms. The zero-order chi connectivity index (χ0) is 13.4. The van der Waals surface area contributed by atoms with Crippen LogP contribution in [-0.4, -0.2) is 33.9 Å². The van der Waals surface area contributed by atoms with E-state index in [1.807, 2.05) is 19.1 Å². The Bertz CT molecular complexity index is 524. The summed E-state index contributed by atoms with van der Waals surface area (Å²) in [6.45, 7) is 2.68. The number of hydrogen-bond donors (Lipinski definition) is 1. The van der Waals surface area contributed by atoms with Gasteiger partial charge in [0, 0.05) is 19.1 Å². The second kappa shape index (κ2) is 4.64. The molecule has 1 aliphatic rings. The number of ether oxygens (including phenoxy) is 1. The Hall–Kier alpha value is -0.910. The van der Waals surface area contributed by atoms with Crippen LogP contribution in [0, 0.1) is 12.3 Å². The number of aryl methyl sites for hydroxylation is 1. The molecule has 0 spiro atoms. The number of rotatable bonds is 5. The summed E-state index contributed by atoms with van der Waals surface area (Å²) in [5.74, 6) is 0. The SMILES string of the molecule is COC[C@]1(CN)C[C@@H]1S(=O)(=O)c1ccc(C)cc1. The fraction of sp³-hybridized carbons (Fsp3) is 0.538. The Balaban J connectivity index is 2.26. The van der Waals surface area contributed by atoms with Gasteiger partial charge in [-0.05, 0) is 25.5 Å². The van der Waals surface area contributed by atoms with Crippen LogP contribution in [-0.2, 0) is 14.6 Å². The van der Waals surface area contributed by atoms with Crippen molar-refractivity contribution < 1.29 is 13.2 Å². The molecule has 2 N–H and O–H groups in total. The minimum atomic E-state index is -3.28. The van der Waals surface area contributed by atoms with E-state index in [4.69, 9.17) is 10.5 Å². The highest BCUT2D eigenvalue weighted by Crippen LogP contribution is 2.51. The summed E-state index contributed by atoms with van der Waals surface area (Å²) in [7, 11) is -1.71. The molecule has 1 aliphatic carbocycles. The standard InChI is InChI=1S/C13H19NO3S/c1-10-3-5-11(6-4-10)18(15,16)12-7-13(12,8-14)9-17-2/h3-6,12H,7-9,14H2,1-2H3/t12-,13+/m0/s1. The molecule has 2 atom stereocenters. The molecule has 0 radical (unpaired) electrons. The molecule has 1 fully saturated rings. The van der Waals surface area contributed by atoms with Gasteiger partial charge < -0.3 is 10.5 Å². The lowest BCUT2D eigenvalue weighted by molar-refractivity contribution is 0.145. The van der Waals surface area contributed by atoms with E-state index < -0.39 is 20.5 Å². The van der Waals surface area contributed by atoms with Gasteiger partial charge >= 0.3 is 0 Å². The van der Waals surface area contributed by atoms with Crippen LogP contribution in [0.25, 0.3) is 0 Å². The molecule has 0 aromatic heterocycles. The van der Waals surface area contributed by atoms with Gasteiger partial charge in [0.1, 0.15) is 0 Å². The monoisotopic (exact) mass is 269 g/mol. The van der Waals surface area contributed by atoms with E-state index in [1.165, 1.54) is 0 Å². The molecule has 1 saturated carbocycles. The maximum Gasteiger partial charge on any atom is 0.181 e. The van der Waals surface area contributed by atoms with E-state index in [0.29, 0.717) is 24.5 Å². The predicted molar refractivity (Wildman–Crippen MR) is 70.1 cm³/mol. The van der Waals surface area contributed by atoms with Crippen molar-refractivity contribution in [1.82, 2.24) is 0 Å². The van der Waals surface area contributed by atoms with Gasteiger partial charge in [-0.1, -0.05) is 17.7 Å². The highest BCUT2D eigenvalue weighted by atomic mass is 32.2. The van der Waals surface area contributed by atoms with Crippen LogP contribution in [0.1, 0.15) is 12.0 Å². The predicted octanol–water partition coefficient (Wildman–Crippen LogP) is 1.13. The van der Waals surface area contributed by atoms with Gasteiger partial charge in [0.25, 0.3) is 0 Å². The van der Waals surface area contributed by atoms with Crippen molar-refractivity contribution in [2.75, 3.05) is 20.3 Å². The van der Waals surface area contributed by atoms with E-state index in [1.54, 1.807) is 19.2 Å². The number of methoxy groups -OCH3 is 1. The lowest BCUT2D eigenvalue weighted by Gasteiger charge is -2.14. The van der Waals surface area contributed by atoms with Gasteiger partial charge in [-0.3, -0.25) is 0 Å². The minimum absolute atomic E-state index is 0.344. The summed E-state index contributed by atoms with van der Waals surface area (Å²) in [4.78, 5) is 0.379. The first kappa shape index (κ1) is 13.5. The van der Waals surface area contributed by atoms with Crippen molar-refractivity contribution in [3.8, 4) is 0 Å². The average Bonchev–Trinajstić information content (AvgIpc) is 3.06. The zero-order valence-electron chi connectivity index (χ0n) is 10.7. The number of sulfone groups is 1. The first-order chi connectivity index (χ1) is 8.46. The molecular weight excluding hydrogens is 250 g/mol. The molecule has 1 aromatic rings. The first-order valence-corrected chi connectivity index (χ1v) is 7.50. The van der Waals surface area contributed by atoms with Crippen molar-refractivity contribution in [3.05, 3.63) is 29.8 Å². The van der Waals surface area contributed by atoms with Crippen LogP contribution in [0.5, 0.6) is 0 Å². The van der Waals surface area contributed by atoms with E-state index in [-0.39, 0.29) is 0 Å². The summed E-state index contributed by atoms with van der Waals surface area (Å²) in [6.07, 6.45) is 0.591. The minimum Gasteiger partial charge on any atom is -0.384 e. The maximum atomic E-state index is 12.4. The number of hydrogen-bond acceptors (Lipinski definition) is 4. The summed E-state index contributed by atoms with van der Waals surface area (Å²) < 4.78 is 30.0. The quantitative estimate of drug-likeness (QED) is 0.870. The maximum absolute atomic E-state index is 12.4. The Kier molecular flexibility index (Phi) is 3.49. The molecule has 0 saturated heterocycles. The van der Waals surface area contributed by atoms with Gasteiger partial charge in [0.15, 0.2) is 9.84 Å². The van der Waals surface area contributed by atoms with Crippen molar-refractivity contribution in [1.29, 1.82) is 0 Å². The second-order valence-corrected chi connectivity index (χ2v) is 7.18. The van der Waals surface area contributed by atoms with Gasteiger partial charge in [-0.2, -0.15) is 0 Å². The van der Waals surface area contributed by atoms with Crippen molar-refractivity contribution in [2.45, 2.75) is 23.5 Å². The molecule has 0 unspecified atom stereocenters. The highest BCUT2D eigenvalue weighted by Gasteiger charge is 2.60. The third-order valence-electron chi connectivity index (χ3n) is 3.68. The molecule has 2 rings (SSSR count). The van der Waals surface area contributed by atoms with Gasteiger partial charge in [-0.25, -0.2) is 8.42 Å². The van der Waals surface area contributed by atoms with Crippen molar-refractivity contribution in [3.63, 3.8) is 0 Å². The third kappa shape index (κ3) is 2.18. The summed E-state index contributed by atoms with van der Waals surface area (Å²) in [6, 6.07) is 6.96.